The number of nitrogens with one attached hydrogen (secondary N) is 1. The molecule has 1 N–H and O–H groups in total. The van der Waals surface area contributed by atoms with E-state index in [0.717, 1.165) is 6.20 Å². The Labute approximate surface area is 130 Å². The fourth-order valence-electron chi connectivity index (χ4n) is 1.77. The second-order valence-electron chi connectivity index (χ2n) is 4.45. The van der Waals surface area contributed by atoms with Gasteiger partial charge in [-0.25, -0.2) is 0 Å². The number of hydrogen-bond acceptors (Lipinski definition) is 5. The lowest BCUT2D eigenvalue weighted by atomic mass is 10.2. The number of anilines is 1. The van der Waals surface area contributed by atoms with Crippen molar-refractivity contribution in [3.8, 4) is 5.75 Å². The number of nitro groups is 1. The standard InChI is InChI=1S/C13H13ClN4O4/c1-8(17-7-10(6-15-17)18(20)21)13(19)16-11-5-9(14)3-4-12(11)22-2/h3-8H,1-2H3,(H,16,19). The van der Waals surface area contributed by atoms with Gasteiger partial charge in [0.15, 0.2) is 0 Å². The molecular weight excluding hydrogens is 312 g/mol. The van der Waals surface area contributed by atoms with Crippen LogP contribution in [0.3, 0.4) is 0 Å². The zero-order valence-electron chi connectivity index (χ0n) is 11.8. The van der Waals surface area contributed by atoms with Crippen LogP contribution < -0.4 is 10.1 Å². The molecule has 0 saturated carbocycles. The number of benzene rings is 1. The van der Waals surface area contributed by atoms with E-state index >= 15 is 0 Å². The summed E-state index contributed by atoms with van der Waals surface area (Å²) in [6, 6.07) is 4.08. The van der Waals surface area contributed by atoms with Crippen LogP contribution in [-0.2, 0) is 4.79 Å². The molecule has 1 aromatic carbocycles. The predicted octanol–water partition coefficient (Wildman–Crippen LogP) is 2.65. The zero-order valence-corrected chi connectivity index (χ0v) is 12.6. The fourth-order valence-corrected chi connectivity index (χ4v) is 1.94. The van der Waals surface area contributed by atoms with E-state index in [4.69, 9.17) is 16.3 Å². The lowest BCUT2D eigenvalue weighted by molar-refractivity contribution is -0.385. The molecule has 0 fully saturated rings. The van der Waals surface area contributed by atoms with Crippen LogP contribution in [0, 0.1) is 10.1 Å². The topological polar surface area (TPSA) is 99.3 Å². The van der Waals surface area contributed by atoms with E-state index in [1.54, 1.807) is 25.1 Å². The summed E-state index contributed by atoms with van der Waals surface area (Å²) in [7, 11) is 1.47. The molecule has 1 amide bonds. The summed E-state index contributed by atoms with van der Waals surface area (Å²) in [4.78, 5) is 22.3. The Morgan fingerprint density at radius 3 is 2.86 bits per heavy atom. The number of carbonyl (C=O) groups is 1. The van der Waals surface area contributed by atoms with E-state index in [2.05, 4.69) is 10.4 Å². The minimum atomic E-state index is -0.739. The van der Waals surface area contributed by atoms with E-state index in [1.165, 1.54) is 18.0 Å². The maximum Gasteiger partial charge on any atom is 0.307 e. The molecule has 1 heterocycles. The Morgan fingerprint density at radius 2 is 2.27 bits per heavy atom. The average molecular weight is 325 g/mol. The lowest BCUT2D eigenvalue weighted by Crippen LogP contribution is -2.24. The maximum absolute atomic E-state index is 12.2. The highest BCUT2D eigenvalue weighted by molar-refractivity contribution is 6.31. The average Bonchev–Trinajstić information content (AvgIpc) is 2.96. The highest BCUT2D eigenvalue weighted by Crippen LogP contribution is 2.28. The van der Waals surface area contributed by atoms with Gasteiger partial charge in [0.2, 0.25) is 5.91 Å². The summed E-state index contributed by atoms with van der Waals surface area (Å²) in [5.41, 5.74) is 0.230. The molecule has 9 heteroatoms. The number of amides is 1. The summed E-state index contributed by atoms with van der Waals surface area (Å²) < 4.78 is 6.35. The van der Waals surface area contributed by atoms with Crippen LogP contribution in [0.2, 0.25) is 5.02 Å². The predicted molar refractivity (Wildman–Crippen MR) is 80.2 cm³/mol. The minimum Gasteiger partial charge on any atom is -0.495 e. The molecule has 22 heavy (non-hydrogen) atoms. The summed E-state index contributed by atoms with van der Waals surface area (Å²) in [5.74, 6) is 0.0509. The lowest BCUT2D eigenvalue weighted by Gasteiger charge is -2.14. The van der Waals surface area contributed by atoms with E-state index in [9.17, 15) is 14.9 Å². The third kappa shape index (κ3) is 3.34. The molecule has 0 aliphatic rings. The molecule has 1 aromatic heterocycles. The zero-order chi connectivity index (χ0) is 16.3. The third-order valence-electron chi connectivity index (χ3n) is 2.99. The molecule has 0 bridgehead atoms. The molecule has 1 atom stereocenters. The van der Waals surface area contributed by atoms with Crippen LogP contribution >= 0.6 is 11.6 Å². The Morgan fingerprint density at radius 1 is 1.55 bits per heavy atom. The largest absolute Gasteiger partial charge is 0.495 e. The molecule has 0 spiro atoms. The van der Waals surface area contributed by atoms with Gasteiger partial charge in [-0.1, -0.05) is 11.6 Å². The monoisotopic (exact) mass is 324 g/mol. The highest BCUT2D eigenvalue weighted by Gasteiger charge is 2.20. The Hall–Kier alpha value is -2.61. The Bertz CT molecular complexity index is 716. The van der Waals surface area contributed by atoms with Gasteiger partial charge in [0.25, 0.3) is 0 Å². The van der Waals surface area contributed by atoms with Crippen molar-refractivity contribution in [3.05, 3.63) is 45.7 Å². The first-order chi connectivity index (χ1) is 10.4. The second-order valence-corrected chi connectivity index (χ2v) is 4.88. The van der Waals surface area contributed by atoms with Crippen LogP contribution in [0.1, 0.15) is 13.0 Å². The third-order valence-corrected chi connectivity index (χ3v) is 3.23. The second kappa shape index (κ2) is 6.44. The molecule has 2 aromatic rings. The quantitative estimate of drug-likeness (QED) is 0.673. The first kappa shape index (κ1) is 15.8. The molecule has 0 aliphatic carbocycles. The van der Waals surface area contributed by atoms with Crippen LogP contribution in [0.5, 0.6) is 5.75 Å². The first-order valence-electron chi connectivity index (χ1n) is 6.25. The number of halogens is 1. The highest BCUT2D eigenvalue weighted by atomic mass is 35.5. The molecule has 2 rings (SSSR count). The van der Waals surface area contributed by atoms with Gasteiger partial charge >= 0.3 is 5.69 Å². The molecule has 116 valence electrons. The van der Waals surface area contributed by atoms with Crippen LogP contribution in [-0.4, -0.2) is 27.7 Å². The maximum atomic E-state index is 12.2. The SMILES string of the molecule is COc1ccc(Cl)cc1NC(=O)C(C)n1cc([N+](=O)[O-])cn1. The number of rotatable bonds is 5. The van der Waals surface area contributed by atoms with Crippen LogP contribution in [0.15, 0.2) is 30.6 Å². The van der Waals surface area contributed by atoms with Crippen molar-refractivity contribution in [3.63, 3.8) is 0 Å². The number of hydrogen-bond donors (Lipinski definition) is 1. The molecule has 1 unspecified atom stereocenters. The summed E-state index contributed by atoms with van der Waals surface area (Å²) in [6.45, 7) is 1.57. The number of aromatic nitrogens is 2. The molecule has 0 saturated heterocycles. The number of methoxy groups -OCH3 is 1. The van der Waals surface area contributed by atoms with Gasteiger partial charge in [0.05, 0.1) is 17.7 Å². The van der Waals surface area contributed by atoms with Crippen molar-refractivity contribution in [2.45, 2.75) is 13.0 Å². The smallest absolute Gasteiger partial charge is 0.307 e. The van der Waals surface area contributed by atoms with Crippen molar-refractivity contribution in [1.82, 2.24) is 9.78 Å². The van der Waals surface area contributed by atoms with Crippen LogP contribution in [0.4, 0.5) is 11.4 Å². The van der Waals surface area contributed by atoms with Gasteiger partial charge in [-0.15, -0.1) is 0 Å². The van der Waals surface area contributed by atoms with E-state index in [0.29, 0.717) is 16.5 Å². The van der Waals surface area contributed by atoms with E-state index < -0.39 is 16.9 Å². The number of ether oxygens (including phenoxy) is 1. The van der Waals surface area contributed by atoms with Crippen molar-refractivity contribution in [2.75, 3.05) is 12.4 Å². The molecule has 0 aliphatic heterocycles. The van der Waals surface area contributed by atoms with Crippen molar-refractivity contribution < 1.29 is 14.5 Å². The van der Waals surface area contributed by atoms with E-state index in [1.807, 2.05) is 0 Å². The van der Waals surface area contributed by atoms with Crippen molar-refractivity contribution in [2.24, 2.45) is 0 Å². The van der Waals surface area contributed by atoms with Gasteiger partial charge < -0.3 is 10.1 Å². The van der Waals surface area contributed by atoms with Crippen LogP contribution in [0.25, 0.3) is 0 Å². The fraction of sp³-hybridized carbons (Fsp3) is 0.231. The van der Waals surface area contributed by atoms with Gasteiger partial charge in [0.1, 0.15) is 24.2 Å². The number of carbonyl (C=O) groups excluding carboxylic acids is 1. The molecule has 0 radical (unpaired) electrons. The van der Waals surface area contributed by atoms with Crippen molar-refractivity contribution in [1.29, 1.82) is 0 Å². The molecular formula is C13H13ClN4O4. The summed E-state index contributed by atoms with van der Waals surface area (Å²) >= 11 is 5.89. The van der Waals surface area contributed by atoms with Gasteiger partial charge in [0, 0.05) is 5.02 Å². The number of nitrogens with zero attached hydrogens (tertiary/aromatic N) is 3. The van der Waals surface area contributed by atoms with Crippen molar-refractivity contribution >= 4 is 28.9 Å². The normalized spacial score (nSPS) is 11.8. The first-order valence-corrected chi connectivity index (χ1v) is 6.63. The van der Waals surface area contributed by atoms with Gasteiger partial charge in [-0.3, -0.25) is 19.6 Å². The summed E-state index contributed by atoms with van der Waals surface area (Å²) in [6.07, 6.45) is 2.28. The minimum absolute atomic E-state index is 0.181. The molecule has 8 nitrogen and oxygen atoms in total. The Balaban J connectivity index is 2.17. The Kier molecular flexibility index (Phi) is 4.62. The van der Waals surface area contributed by atoms with Gasteiger partial charge in [-0.2, -0.15) is 5.10 Å². The van der Waals surface area contributed by atoms with E-state index in [-0.39, 0.29) is 5.69 Å². The van der Waals surface area contributed by atoms with Gasteiger partial charge in [-0.05, 0) is 25.1 Å². The summed E-state index contributed by atoms with van der Waals surface area (Å²) in [5, 5.41) is 17.6.